The van der Waals surface area contributed by atoms with Crippen LogP contribution < -0.4 is 0 Å². The van der Waals surface area contributed by atoms with E-state index >= 15 is 0 Å². The summed E-state index contributed by atoms with van der Waals surface area (Å²) in [6.07, 6.45) is 1.36. The second-order valence-corrected chi connectivity index (χ2v) is 2.32. The van der Waals surface area contributed by atoms with E-state index in [0.717, 1.165) is 0 Å². The molecule has 0 saturated carbocycles. The van der Waals surface area contributed by atoms with Gasteiger partial charge in [-0.3, -0.25) is 4.98 Å². The molecule has 0 aromatic carbocycles. The Balaban J connectivity index is 0.000000791. The smallest absolute Gasteiger partial charge is 0.339 e. The van der Waals surface area contributed by atoms with Crippen molar-refractivity contribution in [3.05, 3.63) is 23.5 Å². The van der Waals surface area contributed by atoms with Crippen LogP contribution in [0.3, 0.4) is 0 Å². The van der Waals surface area contributed by atoms with Gasteiger partial charge in [0.1, 0.15) is 5.75 Å². The molecule has 4 nitrogen and oxygen atoms in total. The number of aryl methyl sites for hydroxylation is 1. The third kappa shape index (κ3) is 3.05. The van der Waals surface area contributed by atoms with Crippen molar-refractivity contribution in [3.63, 3.8) is 0 Å². The number of methoxy groups -OCH3 is 1. The third-order valence-corrected chi connectivity index (χ3v) is 1.48. The molecular weight excluding hydrogens is 182 g/mol. The topological polar surface area (TPSA) is 59.4 Å². The normalized spacial score (nSPS) is 8.57. The predicted octanol–water partition coefficient (Wildman–Crippen LogP) is 1.91. The maximum Gasteiger partial charge on any atom is 0.339 e. The van der Waals surface area contributed by atoms with Gasteiger partial charge in [-0.1, -0.05) is 13.8 Å². The van der Waals surface area contributed by atoms with E-state index in [1.54, 1.807) is 6.92 Å². The average Bonchev–Trinajstić information content (AvgIpc) is 2.24. The van der Waals surface area contributed by atoms with Crippen LogP contribution in [0.4, 0.5) is 0 Å². The van der Waals surface area contributed by atoms with Gasteiger partial charge in [0.2, 0.25) is 0 Å². The standard InChI is InChI=1S/C8H9NO3.C2H6/c1-5-7(10)3-6(4-9-5)8(11)12-2;1-2/h3-4,10H,1-2H3;1-2H3. The fourth-order valence-electron chi connectivity index (χ4n) is 0.751. The monoisotopic (exact) mass is 197 g/mol. The summed E-state index contributed by atoms with van der Waals surface area (Å²) >= 11 is 0. The molecule has 4 heteroatoms. The number of pyridine rings is 1. The van der Waals surface area contributed by atoms with Crippen molar-refractivity contribution in [1.82, 2.24) is 4.98 Å². The van der Waals surface area contributed by atoms with Crippen LogP contribution in [0.2, 0.25) is 0 Å². The second-order valence-electron chi connectivity index (χ2n) is 2.32. The molecule has 1 aromatic heterocycles. The van der Waals surface area contributed by atoms with Gasteiger partial charge in [-0.15, -0.1) is 0 Å². The Labute approximate surface area is 83.6 Å². The Morgan fingerprint density at radius 3 is 2.50 bits per heavy atom. The summed E-state index contributed by atoms with van der Waals surface area (Å²) in [7, 11) is 1.28. The van der Waals surface area contributed by atoms with Crippen LogP contribution in [0.1, 0.15) is 29.9 Å². The lowest BCUT2D eigenvalue weighted by molar-refractivity contribution is 0.0599. The van der Waals surface area contributed by atoms with Gasteiger partial charge in [0, 0.05) is 6.20 Å². The molecule has 0 bridgehead atoms. The first kappa shape index (κ1) is 12.4. The highest BCUT2D eigenvalue weighted by molar-refractivity contribution is 5.89. The fraction of sp³-hybridized carbons (Fsp3) is 0.400. The van der Waals surface area contributed by atoms with E-state index in [9.17, 15) is 9.90 Å². The van der Waals surface area contributed by atoms with E-state index in [0.29, 0.717) is 5.69 Å². The number of hydrogen-bond acceptors (Lipinski definition) is 4. The molecular formula is C10H15NO3. The number of aromatic nitrogens is 1. The van der Waals surface area contributed by atoms with Gasteiger partial charge in [-0.05, 0) is 13.0 Å². The minimum absolute atomic E-state index is 0.00194. The molecule has 0 spiro atoms. The molecule has 0 saturated heterocycles. The molecule has 0 aliphatic heterocycles. The van der Waals surface area contributed by atoms with Gasteiger partial charge in [-0.25, -0.2) is 4.79 Å². The number of carbonyl (C=O) groups excluding carboxylic acids is 1. The van der Waals surface area contributed by atoms with Crippen molar-refractivity contribution in [2.75, 3.05) is 7.11 Å². The summed E-state index contributed by atoms with van der Waals surface area (Å²) in [6.45, 7) is 5.65. The van der Waals surface area contributed by atoms with Crippen molar-refractivity contribution in [2.24, 2.45) is 0 Å². The quantitative estimate of drug-likeness (QED) is 0.698. The first-order chi connectivity index (χ1) is 6.65. The van der Waals surface area contributed by atoms with Gasteiger partial charge in [0.25, 0.3) is 0 Å². The number of nitrogens with zero attached hydrogens (tertiary/aromatic N) is 1. The Kier molecular flexibility index (Phi) is 5.29. The molecule has 0 aliphatic carbocycles. The zero-order valence-electron chi connectivity index (χ0n) is 8.87. The number of rotatable bonds is 1. The Morgan fingerprint density at radius 1 is 1.50 bits per heavy atom. The number of hydrogen-bond donors (Lipinski definition) is 1. The number of ether oxygens (including phenoxy) is 1. The Morgan fingerprint density at radius 2 is 2.07 bits per heavy atom. The third-order valence-electron chi connectivity index (χ3n) is 1.48. The highest BCUT2D eigenvalue weighted by Crippen LogP contribution is 2.14. The summed E-state index contributed by atoms with van der Waals surface area (Å²) in [5.74, 6) is -0.504. The van der Waals surface area contributed by atoms with Gasteiger partial charge in [-0.2, -0.15) is 0 Å². The molecule has 0 radical (unpaired) electrons. The van der Waals surface area contributed by atoms with E-state index in [2.05, 4.69) is 9.72 Å². The molecule has 0 amide bonds. The summed E-state index contributed by atoms with van der Waals surface area (Å²) in [5.41, 5.74) is 0.739. The fourth-order valence-corrected chi connectivity index (χ4v) is 0.751. The number of carbonyl (C=O) groups is 1. The van der Waals surface area contributed by atoms with E-state index in [-0.39, 0.29) is 11.3 Å². The Hall–Kier alpha value is -1.58. The number of aromatic hydroxyl groups is 1. The first-order valence-electron chi connectivity index (χ1n) is 4.39. The van der Waals surface area contributed by atoms with E-state index in [4.69, 9.17) is 0 Å². The lowest BCUT2D eigenvalue weighted by Crippen LogP contribution is -2.01. The summed E-state index contributed by atoms with van der Waals surface area (Å²) in [4.78, 5) is 14.7. The van der Waals surface area contributed by atoms with Crippen LogP contribution in [0, 0.1) is 6.92 Å². The van der Waals surface area contributed by atoms with Gasteiger partial charge < -0.3 is 9.84 Å². The molecule has 1 aromatic rings. The van der Waals surface area contributed by atoms with Crippen molar-refractivity contribution in [1.29, 1.82) is 0 Å². The van der Waals surface area contributed by atoms with Crippen LogP contribution >= 0.6 is 0 Å². The van der Waals surface area contributed by atoms with Gasteiger partial charge >= 0.3 is 5.97 Å². The minimum Gasteiger partial charge on any atom is -0.506 e. The van der Waals surface area contributed by atoms with Gasteiger partial charge in [0.15, 0.2) is 0 Å². The van der Waals surface area contributed by atoms with Crippen molar-refractivity contribution >= 4 is 5.97 Å². The summed E-state index contributed by atoms with van der Waals surface area (Å²) < 4.78 is 4.44. The van der Waals surface area contributed by atoms with Crippen molar-refractivity contribution in [2.45, 2.75) is 20.8 Å². The molecule has 1 rings (SSSR count). The first-order valence-corrected chi connectivity index (χ1v) is 4.39. The average molecular weight is 197 g/mol. The molecule has 1 heterocycles. The zero-order valence-corrected chi connectivity index (χ0v) is 8.87. The van der Waals surface area contributed by atoms with E-state index in [1.807, 2.05) is 13.8 Å². The highest BCUT2D eigenvalue weighted by Gasteiger charge is 2.07. The van der Waals surface area contributed by atoms with Crippen molar-refractivity contribution in [3.8, 4) is 5.75 Å². The maximum absolute atomic E-state index is 10.9. The van der Waals surface area contributed by atoms with Crippen LogP contribution in [0.25, 0.3) is 0 Å². The van der Waals surface area contributed by atoms with Crippen LogP contribution in [-0.4, -0.2) is 23.2 Å². The van der Waals surface area contributed by atoms with Crippen LogP contribution in [0.5, 0.6) is 5.75 Å². The molecule has 0 atom stereocenters. The second kappa shape index (κ2) is 5.96. The van der Waals surface area contributed by atoms with Crippen LogP contribution in [0.15, 0.2) is 12.3 Å². The lowest BCUT2D eigenvalue weighted by Gasteiger charge is -2.00. The summed E-state index contributed by atoms with van der Waals surface area (Å²) in [6, 6.07) is 1.33. The van der Waals surface area contributed by atoms with Crippen molar-refractivity contribution < 1.29 is 14.6 Å². The molecule has 14 heavy (non-hydrogen) atoms. The minimum atomic E-state index is -0.502. The SMILES string of the molecule is CC.COC(=O)c1cnc(C)c(O)c1. The molecule has 0 unspecified atom stereocenters. The van der Waals surface area contributed by atoms with E-state index in [1.165, 1.54) is 19.4 Å². The predicted molar refractivity (Wildman–Crippen MR) is 53.3 cm³/mol. The van der Waals surface area contributed by atoms with Crippen LogP contribution in [-0.2, 0) is 4.74 Å². The largest absolute Gasteiger partial charge is 0.506 e. The molecule has 0 fully saturated rings. The number of esters is 1. The maximum atomic E-state index is 10.9. The van der Waals surface area contributed by atoms with Gasteiger partial charge in [0.05, 0.1) is 18.4 Å². The zero-order chi connectivity index (χ0) is 11.1. The molecule has 78 valence electrons. The Bertz CT molecular complexity index is 310. The molecule has 1 N–H and O–H groups in total. The highest BCUT2D eigenvalue weighted by atomic mass is 16.5. The molecule has 0 aliphatic rings. The lowest BCUT2D eigenvalue weighted by atomic mass is 10.2. The van der Waals surface area contributed by atoms with E-state index < -0.39 is 5.97 Å². The summed E-state index contributed by atoms with van der Waals surface area (Å²) in [5, 5.41) is 9.17.